The van der Waals surface area contributed by atoms with Crippen LogP contribution in [0.3, 0.4) is 0 Å². The SMILES string of the molecule is NNCc1cccc(I)c1I. The molecule has 0 heterocycles. The van der Waals surface area contributed by atoms with Crippen LogP contribution in [0, 0.1) is 7.14 Å². The number of benzene rings is 1. The zero-order chi connectivity index (χ0) is 8.27. The molecule has 0 aliphatic heterocycles. The molecule has 0 unspecified atom stereocenters. The van der Waals surface area contributed by atoms with Gasteiger partial charge >= 0.3 is 0 Å². The van der Waals surface area contributed by atoms with E-state index in [-0.39, 0.29) is 0 Å². The fourth-order valence-corrected chi connectivity index (χ4v) is 1.90. The maximum Gasteiger partial charge on any atom is 0.0359 e. The first-order chi connectivity index (χ1) is 5.25. The van der Waals surface area contributed by atoms with E-state index in [0.29, 0.717) is 0 Å². The van der Waals surface area contributed by atoms with Crippen molar-refractivity contribution in [2.24, 2.45) is 5.84 Å². The zero-order valence-electron chi connectivity index (χ0n) is 5.77. The highest BCUT2D eigenvalue weighted by Gasteiger charge is 2.00. The first-order valence-electron chi connectivity index (χ1n) is 3.12. The molecular weight excluding hydrogens is 366 g/mol. The molecule has 1 aromatic rings. The predicted octanol–water partition coefficient (Wildman–Crippen LogP) is 1.86. The molecule has 0 saturated heterocycles. The summed E-state index contributed by atoms with van der Waals surface area (Å²) in [5.74, 6) is 5.22. The molecule has 0 fully saturated rings. The van der Waals surface area contributed by atoms with E-state index in [1.807, 2.05) is 6.07 Å². The summed E-state index contributed by atoms with van der Waals surface area (Å²) in [5, 5.41) is 0. The quantitative estimate of drug-likeness (QED) is 0.472. The van der Waals surface area contributed by atoms with Crippen LogP contribution in [0.1, 0.15) is 5.56 Å². The van der Waals surface area contributed by atoms with E-state index in [4.69, 9.17) is 5.84 Å². The summed E-state index contributed by atoms with van der Waals surface area (Å²) in [6.45, 7) is 0.731. The van der Waals surface area contributed by atoms with Crippen molar-refractivity contribution in [1.29, 1.82) is 0 Å². The maximum absolute atomic E-state index is 5.22. The number of halogens is 2. The molecule has 0 saturated carbocycles. The van der Waals surface area contributed by atoms with Gasteiger partial charge in [-0.3, -0.25) is 11.3 Å². The van der Waals surface area contributed by atoms with Crippen molar-refractivity contribution in [3.05, 3.63) is 30.9 Å². The molecule has 0 amide bonds. The Morgan fingerprint density at radius 3 is 2.73 bits per heavy atom. The van der Waals surface area contributed by atoms with Gasteiger partial charge in [-0.25, -0.2) is 0 Å². The van der Waals surface area contributed by atoms with Crippen molar-refractivity contribution >= 4 is 45.2 Å². The third-order valence-electron chi connectivity index (χ3n) is 1.32. The lowest BCUT2D eigenvalue weighted by atomic mass is 10.2. The number of hydrazine groups is 1. The molecule has 0 aliphatic carbocycles. The van der Waals surface area contributed by atoms with E-state index >= 15 is 0 Å². The molecule has 0 aliphatic rings. The smallest absolute Gasteiger partial charge is 0.0359 e. The standard InChI is InChI=1S/C7H8I2N2/c8-6-3-1-2-5(4-11-10)7(6)9/h1-3,11H,4,10H2. The fourth-order valence-electron chi connectivity index (χ4n) is 0.795. The van der Waals surface area contributed by atoms with Gasteiger partial charge in [0.2, 0.25) is 0 Å². The average molecular weight is 374 g/mol. The minimum Gasteiger partial charge on any atom is -0.271 e. The van der Waals surface area contributed by atoms with Crippen LogP contribution >= 0.6 is 45.2 Å². The van der Waals surface area contributed by atoms with Gasteiger partial charge in [0, 0.05) is 13.7 Å². The van der Waals surface area contributed by atoms with Gasteiger partial charge in [-0.1, -0.05) is 12.1 Å². The van der Waals surface area contributed by atoms with Crippen molar-refractivity contribution in [1.82, 2.24) is 5.43 Å². The first-order valence-corrected chi connectivity index (χ1v) is 5.28. The van der Waals surface area contributed by atoms with E-state index in [0.717, 1.165) is 6.54 Å². The summed E-state index contributed by atoms with van der Waals surface area (Å²) in [6.07, 6.45) is 0. The van der Waals surface area contributed by atoms with Crippen molar-refractivity contribution in [3.63, 3.8) is 0 Å². The van der Waals surface area contributed by atoms with Crippen LogP contribution in [0.4, 0.5) is 0 Å². The lowest BCUT2D eigenvalue weighted by Gasteiger charge is -2.04. The van der Waals surface area contributed by atoms with Crippen LogP contribution in [0.2, 0.25) is 0 Å². The number of hydrogen-bond donors (Lipinski definition) is 2. The summed E-state index contributed by atoms with van der Waals surface area (Å²) >= 11 is 4.64. The van der Waals surface area contributed by atoms with E-state index in [1.165, 1.54) is 12.7 Å². The minimum atomic E-state index is 0.731. The molecule has 2 nitrogen and oxygen atoms in total. The summed E-state index contributed by atoms with van der Waals surface area (Å²) < 4.78 is 2.56. The number of nitrogens with one attached hydrogen (secondary N) is 1. The van der Waals surface area contributed by atoms with Gasteiger partial charge in [0.05, 0.1) is 0 Å². The van der Waals surface area contributed by atoms with E-state index in [9.17, 15) is 0 Å². The van der Waals surface area contributed by atoms with Gasteiger partial charge in [0.1, 0.15) is 0 Å². The predicted molar refractivity (Wildman–Crippen MR) is 62.9 cm³/mol. The minimum absolute atomic E-state index is 0.731. The second-order valence-corrected chi connectivity index (χ2v) is 4.33. The van der Waals surface area contributed by atoms with Crippen molar-refractivity contribution in [2.75, 3.05) is 0 Å². The molecule has 0 atom stereocenters. The lowest BCUT2D eigenvalue weighted by Crippen LogP contribution is -2.21. The highest BCUT2D eigenvalue weighted by Crippen LogP contribution is 2.18. The van der Waals surface area contributed by atoms with Gasteiger partial charge < -0.3 is 0 Å². The molecule has 4 heteroatoms. The largest absolute Gasteiger partial charge is 0.271 e. The van der Waals surface area contributed by atoms with E-state index in [1.54, 1.807) is 0 Å². The number of rotatable bonds is 2. The van der Waals surface area contributed by atoms with Crippen LogP contribution in [0.15, 0.2) is 18.2 Å². The van der Waals surface area contributed by atoms with Crippen LogP contribution in [0.25, 0.3) is 0 Å². The maximum atomic E-state index is 5.22. The van der Waals surface area contributed by atoms with E-state index < -0.39 is 0 Å². The highest BCUT2D eigenvalue weighted by molar-refractivity contribution is 14.1. The van der Waals surface area contributed by atoms with E-state index in [2.05, 4.69) is 62.7 Å². The molecule has 0 bridgehead atoms. The summed E-state index contributed by atoms with van der Waals surface area (Å²) in [7, 11) is 0. The first kappa shape index (κ1) is 9.69. The molecular formula is C7H8I2N2. The molecule has 0 radical (unpaired) electrons. The Bertz CT molecular complexity index is 250. The van der Waals surface area contributed by atoms with Crippen LogP contribution in [0.5, 0.6) is 0 Å². The highest BCUT2D eigenvalue weighted by atomic mass is 127. The Labute approximate surface area is 93.2 Å². The van der Waals surface area contributed by atoms with Gasteiger partial charge in [-0.05, 0) is 56.8 Å². The van der Waals surface area contributed by atoms with Crippen molar-refractivity contribution in [3.8, 4) is 0 Å². The summed E-state index contributed by atoms with van der Waals surface area (Å²) in [4.78, 5) is 0. The normalized spacial score (nSPS) is 10.1. The van der Waals surface area contributed by atoms with Crippen LogP contribution < -0.4 is 11.3 Å². The summed E-state index contributed by atoms with van der Waals surface area (Å²) in [5.41, 5.74) is 3.89. The van der Waals surface area contributed by atoms with Gasteiger partial charge in [0.25, 0.3) is 0 Å². The fraction of sp³-hybridized carbons (Fsp3) is 0.143. The summed E-state index contributed by atoms with van der Waals surface area (Å²) in [6, 6.07) is 6.20. The molecule has 11 heavy (non-hydrogen) atoms. The molecule has 3 N–H and O–H groups in total. The van der Waals surface area contributed by atoms with Crippen molar-refractivity contribution in [2.45, 2.75) is 6.54 Å². The third-order valence-corrected chi connectivity index (χ3v) is 4.53. The molecule has 60 valence electrons. The van der Waals surface area contributed by atoms with Gasteiger partial charge in [-0.2, -0.15) is 0 Å². The Morgan fingerprint density at radius 1 is 1.36 bits per heavy atom. The van der Waals surface area contributed by atoms with Crippen molar-refractivity contribution < 1.29 is 0 Å². The lowest BCUT2D eigenvalue weighted by molar-refractivity contribution is 0.738. The van der Waals surface area contributed by atoms with Crippen LogP contribution in [-0.4, -0.2) is 0 Å². The zero-order valence-corrected chi connectivity index (χ0v) is 10.1. The van der Waals surface area contributed by atoms with Crippen LogP contribution in [-0.2, 0) is 6.54 Å². The Kier molecular flexibility index (Phi) is 4.04. The monoisotopic (exact) mass is 374 g/mol. The second-order valence-electron chi connectivity index (χ2n) is 2.09. The molecule has 1 rings (SSSR count). The Hall–Kier alpha value is 0.600. The Balaban J connectivity index is 2.96. The molecule has 0 aromatic heterocycles. The molecule has 1 aromatic carbocycles. The molecule has 0 spiro atoms. The average Bonchev–Trinajstić information content (AvgIpc) is 1.99. The second kappa shape index (κ2) is 4.58. The third kappa shape index (κ3) is 2.53. The Morgan fingerprint density at radius 2 is 2.09 bits per heavy atom. The topological polar surface area (TPSA) is 38.0 Å². The van der Waals surface area contributed by atoms with Gasteiger partial charge in [-0.15, -0.1) is 0 Å². The number of hydrogen-bond acceptors (Lipinski definition) is 2. The number of nitrogens with two attached hydrogens (primary N) is 1. The van der Waals surface area contributed by atoms with Gasteiger partial charge in [0.15, 0.2) is 0 Å².